The minimum Gasteiger partial charge on any atom is -0.0928 e. The molecule has 0 fully saturated rings. The molecule has 0 rings (SSSR count). The lowest BCUT2D eigenvalue weighted by Gasteiger charge is -1.90. The first-order chi connectivity index (χ1) is 10.4. The Morgan fingerprint density at radius 1 is 0.571 bits per heavy atom. The highest BCUT2D eigenvalue weighted by Crippen LogP contribution is 2.00. The van der Waals surface area contributed by atoms with Crippen molar-refractivity contribution in [1.82, 2.24) is 0 Å². The van der Waals surface area contributed by atoms with Gasteiger partial charge in [-0.2, -0.15) is 0 Å². The van der Waals surface area contributed by atoms with Crippen molar-refractivity contribution < 1.29 is 0 Å². The van der Waals surface area contributed by atoms with Crippen molar-refractivity contribution in [1.29, 1.82) is 0 Å². The lowest BCUT2D eigenvalue weighted by Crippen LogP contribution is -1.73. The lowest BCUT2D eigenvalue weighted by atomic mass is 10.2. The second kappa shape index (κ2) is 19.2. The Bertz CT molecular complexity index is 332. The first-order valence-corrected chi connectivity index (χ1v) is 9.34. The molecule has 0 aromatic rings. The second-order valence-corrected chi connectivity index (χ2v) is 5.69. The van der Waals surface area contributed by atoms with Gasteiger partial charge in [-0.05, 0) is 51.4 Å². The number of halogens is 1. The van der Waals surface area contributed by atoms with E-state index in [1.807, 2.05) is 0 Å². The Morgan fingerprint density at radius 2 is 1.00 bits per heavy atom. The molecule has 0 atom stereocenters. The summed E-state index contributed by atoms with van der Waals surface area (Å²) in [4.78, 5) is 0. The number of alkyl halides is 1. The van der Waals surface area contributed by atoms with E-state index in [0.29, 0.717) is 0 Å². The van der Waals surface area contributed by atoms with Crippen LogP contribution in [0.3, 0.4) is 0 Å². The molecule has 118 valence electrons. The summed E-state index contributed by atoms with van der Waals surface area (Å²) in [6.07, 6.45) is 31.5. The maximum absolute atomic E-state index is 3.45. The van der Waals surface area contributed by atoms with Gasteiger partial charge in [-0.15, -0.1) is 0 Å². The van der Waals surface area contributed by atoms with E-state index < -0.39 is 0 Å². The van der Waals surface area contributed by atoms with Crippen LogP contribution in [-0.4, -0.2) is 5.33 Å². The molecule has 0 saturated heterocycles. The predicted molar refractivity (Wildman–Crippen MR) is 102 cm³/mol. The monoisotopic (exact) mass is 350 g/mol. The van der Waals surface area contributed by atoms with E-state index >= 15 is 0 Å². The third kappa shape index (κ3) is 19.2. The van der Waals surface area contributed by atoms with Crippen LogP contribution in [0.25, 0.3) is 0 Å². The van der Waals surface area contributed by atoms with Crippen LogP contribution in [0.2, 0.25) is 0 Å². The maximum atomic E-state index is 3.45. The van der Waals surface area contributed by atoms with Crippen molar-refractivity contribution in [2.24, 2.45) is 0 Å². The van der Waals surface area contributed by atoms with Crippen LogP contribution >= 0.6 is 15.9 Å². The first-order valence-electron chi connectivity index (χ1n) is 8.22. The van der Waals surface area contributed by atoms with Gasteiger partial charge in [-0.25, -0.2) is 0 Å². The van der Waals surface area contributed by atoms with E-state index in [1.54, 1.807) is 0 Å². The maximum Gasteiger partial charge on any atom is 0.00314 e. The number of hydrogen-bond donors (Lipinski definition) is 0. The molecule has 0 bridgehead atoms. The van der Waals surface area contributed by atoms with Gasteiger partial charge in [0, 0.05) is 5.33 Å². The van der Waals surface area contributed by atoms with Crippen LogP contribution in [0.4, 0.5) is 0 Å². The summed E-state index contributed by atoms with van der Waals surface area (Å²) in [6, 6.07) is 0. The zero-order chi connectivity index (χ0) is 15.4. The first kappa shape index (κ1) is 20.2. The molecule has 1 heteroatoms. The molecule has 0 aliphatic rings. The SMILES string of the molecule is CC/C=C\C/C=C\C/C=C\C/C=C\C/C=C\CCCCBr. The third-order valence-electron chi connectivity index (χ3n) is 2.91. The molecule has 0 nitrogen and oxygen atoms in total. The topological polar surface area (TPSA) is 0 Å². The van der Waals surface area contributed by atoms with E-state index in [9.17, 15) is 0 Å². The van der Waals surface area contributed by atoms with Gasteiger partial charge < -0.3 is 0 Å². The zero-order valence-corrected chi connectivity index (χ0v) is 15.1. The Morgan fingerprint density at radius 3 is 1.43 bits per heavy atom. The van der Waals surface area contributed by atoms with E-state index in [4.69, 9.17) is 0 Å². The Kier molecular flexibility index (Phi) is 18.4. The summed E-state index contributed by atoms with van der Waals surface area (Å²) >= 11 is 3.45. The highest BCUT2D eigenvalue weighted by atomic mass is 79.9. The van der Waals surface area contributed by atoms with Crippen molar-refractivity contribution in [3.05, 3.63) is 60.8 Å². The number of hydrogen-bond acceptors (Lipinski definition) is 0. The fourth-order valence-electron chi connectivity index (χ4n) is 1.73. The van der Waals surface area contributed by atoms with Gasteiger partial charge in [-0.3, -0.25) is 0 Å². The lowest BCUT2D eigenvalue weighted by molar-refractivity contribution is 0.825. The van der Waals surface area contributed by atoms with Crippen LogP contribution < -0.4 is 0 Å². The van der Waals surface area contributed by atoms with Crippen molar-refractivity contribution in [3.63, 3.8) is 0 Å². The molecule has 0 aliphatic heterocycles. The van der Waals surface area contributed by atoms with Crippen molar-refractivity contribution >= 4 is 15.9 Å². The van der Waals surface area contributed by atoms with Crippen LogP contribution in [0.15, 0.2) is 60.8 Å². The van der Waals surface area contributed by atoms with Gasteiger partial charge in [-0.1, -0.05) is 83.6 Å². The molecular weight excluding hydrogens is 320 g/mol. The average molecular weight is 351 g/mol. The van der Waals surface area contributed by atoms with Crippen molar-refractivity contribution in [2.45, 2.75) is 58.3 Å². The van der Waals surface area contributed by atoms with Gasteiger partial charge in [0.1, 0.15) is 0 Å². The van der Waals surface area contributed by atoms with Gasteiger partial charge in [0.05, 0.1) is 0 Å². The quantitative estimate of drug-likeness (QED) is 0.185. The van der Waals surface area contributed by atoms with Crippen LogP contribution in [0.1, 0.15) is 58.3 Å². The van der Waals surface area contributed by atoms with Gasteiger partial charge in [0.25, 0.3) is 0 Å². The highest BCUT2D eigenvalue weighted by Gasteiger charge is 1.81. The molecule has 21 heavy (non-hydrogen) atoms. The highest BCUT2D eigenvalue weighted by molar-refractivity contribution is 9.09. The number of allylic oxidation sites excluding steroid dienone is 10. The Hall–Kier alpha value is -0.820. The summed E-state index contributed by atoms with van der Waals surface area (Å²) in [6.45, 7) is 2.16. The van der Waals surface area contributed by atoms with E-state index in [2.05, 4.69) is 83.6 Å². The summed E-state index contributed by atoms with van der Waals surface area (Å²) in [5.41, 5.74) is 0. The molecule has 0 N–H and O–H groups in total. The molecule has 0 unspecified atom stereocenters. The minimum absolute atomic E-state index is 1.04. The van der Waals surface area contributed by atoms with Gasteiger partial charge >= 0.3 is 0 Å². The molecular formula is C20H31Br. The van der Waals surface area contributed by atoms with Crippen LogP contribution in [0.5, 0.6) is 0 Å². The summed E-state index contributed by atoms with van der Waals surface area (Å²) in [5, 5.41) is 1.12. The number of unbranched alkanes of at least 4 members (excludes halogenated alkanes) is 2. The van der Waals surface area contributed by atoms with Gasteiger partial charge in [0.2, 0.25) is 0 Å². The van der Waals surface area contributed by atoms with Crippen LogP contribution in [-0.2, 0) is 0 Å². The van der Waals surface area contributed by atoms with E-state index in [-0.39, 0.29) is 0 Å². The standard InChI is InChI=1S/C20H31Br/c1-2-3-4-5-6-7-8-9-10-11-12-13-14-15-16-17-18-19-20-21/h3-4,6-7,9-10,12-13,15-16H,2,5,8,11,14,17-20H2,1H3/b4-3-,7-6-,10-9-,13-12-,16-15-. The molecule has 0 heterocycles. The molecule has 0 aliphatic carbocycles. The number of rotatable bonds is 13. The zero-order valence-electron chi connectivity index (χ0n) is 13.5. The van der Waals surface area contributed by atoms with Gasteiger partial charge in [0.15, 0.2) is 0 Å². The fourth-order valence-corrected chi connectivity index (χ4v) is 2.12. The fraction of sp³-hybridized carbons (Fsp3) is 0.500. The van der Waals surface area contributed by atoms with Crippen molar-refractivity contribution in [3.8, 4) is 0 Å². The predicted octanol–water partition coefficient (Wildman–Crippen LogP) is 7.30. The van der Waals surface area contributed by atoms with E-state index in [1.165, 1.54) is 19.3 Å². The Balaban J connectivity index is 3.41. The van der Waals surface area contributed by atoms with Crippen LogP contribution in [0, 0.1) is 0 Å². The molecule has 0 aromatic heterocycles. The summed E-state index contributed by atoms with van der Waals surface area (Å²) < 4.78 is 0. The molecule has 0 aromatic carbocycles. The molecule has 0 saturated carbocycles. The third-order valence-corrected chi connectivity index (χ3v) is 3.47. The molecule has 0 radical (unpaired) electrons. The Labute approximate surface area is 140 Å². The summed E-state index contributed by atoms with van der Waals surface area (Å²) in [7, 11) is 0. The molecule has 0 spiro atoms. The average Bonchev–Trinajstić information content (AvgIpc) is 2.50. The summed E-state index contributed by atoms with van der Waals surface area (Å²) in [5.74, 6) is 0. The smallest absolute Gasteiger partial charge is 0.00314 e. The largest absolute Gasteiger partial charge is 0.0928 e. The minimum atomic E-state index is 1.04. The van der Waals surface area contributed by atoms with Crippen molar-refractivity contribution in [2.75, 3.05) is 5.33 Å². The second-order valence-electron chi connectivity index (χ2n) is 4.89. The molecule has 0 amide bonds. The normalized spacial score (nSPS) is 13.0. The van der Waals surface area contributed by atoms with E-state index in [0.717, 1.165) is 37.4 Å².